The smallest absolute Gasteiger partial charge is 0.251 e. The molecule has 1 aromatic carbocycles. The molecule has 1 fully saturated rings. The number of pyridine rings is 2. The van der Waals surface area contributed by atoms with Gasteiger partial charge in [0.05, 0.1) is 31.6 Å². The molecule has 0 atom stereocenters. The molecule has 0 saturated carbocycles. The number of rotatable bonds is 4. The number of aromatic nitrogens is 3. The van der Waals surface area contributed by atoms with Gasteiger partial charge < -0.3 is 19.2 Å². The number of fused-ring (bicyclic) bond motifs is 1. The number of halogens is 2. The Labute approximate surface area is 186 Å². The molecule has 158 valence electrons. The molecule has 1 saturated heterocycles. The van der Waals surface area contributed by atoms with Crippen LogP contribution >= 0.6 is 15.9 Å². The summed E-state index contributed by atoms with van der Waals surface area (Å²) in [5, 5.41) is 0.968. The zero-order valence-electron chi connectivity index (χ0n) is 16.6. The van der Waals surface area contributed by atoms with E-state index in [4.69, 9.17) is 4.74 Å². The van der Waals surface area contributed by atoms with E-state index in [2.05, 4.69) is 36.9 Å². The quantitative estimate of drug-likeness (QED) is 0.473. The molecule has 0 amide bonds. The molecule has 1 aliphatic rings. The topological polar surface area (TPSA) is 63.1 Å². The highest BCUT2D eigenvalue weighted by Gasteiger charge is 2.15. The van der Waals surface area contributed by atoms with Crippen molar-refractivity contribution >= 4 is 32.7 Å². The largest absolute Gasteiger partial charge is 0.378 e. The van der Waals surface area contributed by atoms with Gasteiger partial charge in [-0.3, -0.25) is 4.79 Å². The van der Waals surface area contributed by atoms with Crippen LogP contribution in [0, 0.1) is 5.82 Å². The Morgan fingerprint density at radius 2 is 2.00 bits per heavy atom. The first-order valence-electron chi connectivity index (χ1n) is 10.0. The average Bonchev–Trinajstić information content (AvgIpc) is 3.18. The van der Waals surface area contributed by atoms with Crippen LogP contribution in [-0.2, 0) is 11.3 Å². The SMILES string of the molecule is O=c1cc(-c2c[nH]c3ncc(N4CCOCC4)cc23)ccn1Cc1cc(F)cc(Br)c1. The number of nitrogens with one attached hydrogen (secondary N) is 1. The second-order valence-electron chi connectivity index (χ2n) is 7.55. The van der Waals surface area contributed by atoms with Crippen LogP contribution < -0.4 is 10.5 Å². The number of morpholine rings is 1. The van der Waals surface area contributed by atoms with Gasteiger partial charge in [0.15, 0.2) is 0 Å². The van der Waals surface area contributed by atoms with Gasteiger partial charge in [0.1, 0.15) is 11.5 Å². The van der Waals surface area contributed by atoms with Crippen molar-refractivity contribution in [3.8, 4) is 11.1 Å². The maximum atomic E-state index is 13.7. The average molecular weight is 483 g/mol. The normalized spacial score (nSPS) is 14.3. The third kappa shape index (κ3) is 4.13. The Kier molecular flexibility index (Phi) is 5.33. The molecular weight excluding hydrogens is 463 g/mol. The highest BCUT2D eigenvalue weighted by molar-refractivity contribution is 9.10. The van der Waals surface area contributed by atoms with Crippen molar-refractivity contribution in [1.29, 1.82) is 0 Å². The minimum absolute atomic E-state index is 0.149. The van der Waals surface area contributed by atoms with Gasteiger partial charge in [0.2, 0.25) is 0 Å². The van der Waals surface area contributed by atoms with Crippen molar-refractivity contribution in [2.45, 2.75) is 6.54 Å². The molecule has 1 N–H and O–H groups in total. The summed E-state index contributed by atoms with van der Waals surface area (Å²) in [5.41, 5.74) is 4.13. The van der Waals surface area contributed by atoms with E-state index >= 15 is 0 Å². The first-order valence-corrected chi connectivity index (χ1v) is 10.8. The predicted octanol–water partition coefficient (Wildman–Crippen LogP) is 4.18. The summed E-state index contributed by atoms with van der Waals surface area (Å²) in [6.07, 6.45) is 5.49. The van der Waals surface area contributed by atoms with Gasteiger partial charge in [-0.25, -0.2) is 9.37 Å². The Morgan fingerprint density at radius 3 is 2.77 bits per heavy atom. The molecule has 1 aliphatic heterocycles. The van der Waals surface area contributed by atoms with Gasteiger partial charge >= 0.3 is 0 Å². The van der Waals surface area contributed by atoms with Crippen LogP contribution in [-0.4, -0.2) is 40.8 Å². The molecule has 0 spiro atoms. The number of hydrogen-bond acceptors (Lipinski definition) is 4. The monoisotopic (exact) mass is 482 g/mol. The molecule has 5 rings (SSSR count). The molecule has 4 aromatic rings. The standard InChI is InChI=1S/C23H20BrFN4O2/c24-17-7-15(8-18(25)10-17)14-29-2-1-16(9-22(29)30)21-13-27-23-20(21)11-19(12-26-23)28-3-5-31-6-4-28/h1-2,7-13H,3-6,14H2,(H,26,27). The Hall–Kier alpha value is -2.97. The minimum Gasteiger partial charge on any atom is -0.378 e. The van der Waals surface area contributed by atoms with E-state index < -0.39 is 0 Å². The van der Waals surface area contributed by atoms with E-state index in [-0.39, 0.29) is 11.4 Å². The third-order valence-electron chi connectivity index (χ3n) is 5.48. The number of nitrogens with zero attached hydrogens (tertiary/aromatic N) is 3. The van der Waals surface area contributed by atoms with Crippen molar-refractivity contribution in [3.05, 3.63) is 81.2 Å². The predicted molar refractivity (Wildman–Crippen MR) is 122 cm³/mol. The molecular formula is C23H20BrFN4O2. The van der Waals surface area contributed by atoms with E-state index in [1.165, 1.54) is 12.1 Å². The van der Waals surface area contributed by atoms with Crippen LogP contribution in [0.15, 0.2) is 64.3 Å². The van der Waals surface area contributed by atoms with Crippen molar-refractivity contribution in [2.24, 2.45) is 0 Å². The highest BCUT2D eigenvalue weighted by Crippen LogP contribution is 2.30. The number of H-pyrrole nitrogens is 1. The number of ether oxygens (including phenoxy) is 1. The van der Waals surface area contributed by atoms with Crippen molar-refractivity contribution in [1.82, 2.24) is 14.5 Å². The first kappa shape index (κ1) is 20.0. The molecule has 3 aromatic heterocycles. The van der Waals surface area contributed by atoms with Crippen LogP contribution in [0.25, 0.3) is 22.2 Å². The highest BCUT2D eigenvalue weighted by atomic mass is 79.9. The minimum atomic E-state index is -0.337. The maximum Gasteiger partial charge on any atom is 0.251 e. The fraction of sp³-hybridized carbons (Fsp3) is 0.217. The van der Waals surface area contributed by atoms with Gasteiger partial charge in [-0.2, -0.15) is 0 Å². The second-order valence-corrected chi connectivity index (χ2v) is 8.47. The summed E-state index contributed by atoms with van der Waals surface area (Å²) in [7, 11) is 0. The first-order chi connectivity index (χ1) is 15.1. The molecule has 0 aliphatic carbocycles. The Balaban J connectivity index is 1.47. The summed E-state index contributed by atoms with van der Waals surface area (Å²) in [6.45, 7) is 3.38. The fourth-order valence-corrected chi connectivity index (χ4v) is 4.44. The summed E-state index contributed by atoms with van der Waals surface area (Å²) >= 11 is 3.29. The van der Waals surface area contributed by atoms with E-state index in [1.54, 1.807) is 16.8 Å². The van der Waals surface area contributed by atoms with Crippen molar-refractivity contribution in [3.63, 3.8) is 0 Å². The lowest BCUT2D eigenvalue weighted by Gasteiger charge is -2.28. The lowest BCUT2D eigenvalue weighted by Crippen LogP contribution is -2.36. The van der Waals surface area contributed by atoms with Crippen molar-refractivity contribution in [2.75, 3.05) is 31.2 Å². The number of hydrogen-bond donors (Lipinski definition) is 1. The zero-order chi connectivity index (χ0) is 21.4. The van der Waals surface area contributed by atoms with Gasteiger partial charge in [-0.05, 0) is 41.5 Å². The molecule has 31 heavy (non-hydrogen) atoms. The van der Waals surface area contributed by atoms with Gasteiger partial charge in [-0.15, -0.1) is 0 Å². The molecule has 0 unspecified atom stereocenters. The number of benzene rings is 1. The number of aromatic amines is 1. The lowest BCUT2D eigenvalue weighted by atomic mass is 10.1. The molecule has 0 bridgehead atoms. The molecule has 0 radical (unpaired) electrons. The van der Waals surface area contributed by atoms with Crippen molar-refractivity contribution < 1.29 is 9.13 Å². The summed E-state index contributed by atoms with van der Waals surface area (Å²) in [5.74, 6) is -0.337. The second kappa shape index (κ2) is 8.28. The van der Waals surface area contributed by atoms with Crippen LogP contribution in [0.5, 0.6) is 0 Å². The summed E-state index contributed by atoms with van der Waals surface area (Å²) in [4.78, 5) is 22.8. The Morgan fingerprint density at radius 1 is 1.16 bits per heavy atom. The zero-order valence-corrected chi connectivity index (χ0v) is 18.2. The fourth-order valence-electron chi connectivity index (χ4n) is 3.93. The Bertz CT molecular complexity index is 1290. The maximum absolute atomic E-state index is 13.7. The van der Waals surface area contributed by atoms with E-state index in [1.807, 2.05) is 24.5 Å². The van der Waals surface area contributed by atoms with Gasteiger partial charge in [-0.1, -0.05) is 15.9 Å². The van der Waals surface area contributed by atoms with Gasteiger partial charge in [0, 0.05) is 47.0 Å². The van der Waals surface area contributed by atoms with Gasteiger partial charge in [0.25, 0.3) is 5.56 Å². The lowest BCUT2D eigenvalue weighted by molar-refractivity contribution is 0.122. The molecule has 4 heterocycles. The summed E-state index contributed by atoms with van der Waals surface area (Å²) < 4.78 is 21.3. The number of anilines is 1. The van der Waals surface area contributed by atoms with Crippen LogP contribution in [0.3, 0.4) is 0 Å². The van der Waals surface area contributed by atoms with E-state index in [9.17, 15) is 9.18 Å². The van der Waals surface area contributed by atoms with Crippen LogP contribution in [0.1, 0.15) is 5.56 Å². The van der Waals surface area contributed by atoms with Crippen LogP contribution in [0.4, 0.5) is 10.1 Å². The summed E-state index contributed by atoms with van der Waals surface area (Å²) in [6, 6.07) is 10.3. The third-order valence-corrected chi connectivity index (χ3v) is 5.93. The van der Waals surface area contributed by atoms with E-state index in [0.717, 1.165) is 40.9 Å². The molecule has 6 nitrogen and oxygen atoms in total. The molecule has 8 heteroatoms. The van der Waals surface area contributed by atoms with Crippen LogP contribution in [0.2, 0.25) is 0 Å². The van der Waals surface area contributed by atoms with E-state index in [0.29, 0.717) is 29.8 Å².